The molecule has 0 aliphatic heterocycles. The Kier molecular flexibility index (Phi) is 3.33. The highest BCUT2D eigenvalue weighted by Gasteiger charge is 2.16. The molecule has 1 aromatic carbocycles. The number of hydrogen-bond donors (Lipinski definition) is 1. The lowest BCUT2D eigenvalue weighted by molar-refractivity contribution is 0.0936. The van der Waals surface area contributed by atoms with Crippen molar-refractivity contribution in [2.75, 3.05) is 0 Å². The first-order valence-corrected chi connectivity index (χ1v) is 5.79. The molecule has 0 fully saturated rings. The molecule has 0 spiro atoms. The molecule has 0 saturated heterocycles. The number of amides is 1. The Labute approximate surface area is 106 Å². The normalized spacial score (nSPS) is 12.1. The van der Waals surface area contributed by atoms with Crippen molar-refractivity contribution in [1.29, 1.82) is 0 Å². The lowest BCUT2D eigenvalue weighted by atomic mass is 10.2. The van der Waals surface area contributed by atoms with E-state index in [1.165, 1.54) is 0 Å². The molecule has 0 aliphatic rings. The number of hydrogen-bond acceptors (Lipinski definition) is 2. The second-order valence-electron chi connectivity index (χ2n) is 4.27. The third-order valence-corrected chi connectivity index (χ3v) is 2.77. The molecule has 1 aromatic heterocycles. The van der Waals surface area contributed by atoms with E-state index in [1.807, 2.05) is 38.2 Å². The van der Waals surface area contributed by atoms with Gasteiger partial charge in [0.15, 0.2) is 5.69 Å². The number of carbonyl (C=O) groups is 1. The van der Waals surface area contributed by atoms with Crippen molar-refractivity contribution in [3.63, 3.8) is 0 Å². The second kappa shape index (κ2) is 4.92. The summed E-state index contributed by atoms with van der Waals surface area (Å²) in [5.74, 6) is 2.34. The van der Waals surface area contributed by atoms with Gasteiger partial charge in [0.2, 0.25) is 0 Å². The average Bonchev–Trinajstić information content (AvgIpc) is 2.68. The van der Waals surface area contributed by atoms with Gasteiger partial charge in [-0.25, -0.2) is 0 Å². The minimum Gasteiger partial charge on any atom is -0.347 e. The van der Waals surface area contributed by atoms with Gasteiger partial charge in [-0.3, -0.25) is 9.48 Å². The van der Waals surface area contributed by atoms with Gasteiger partial charge in [-0.2, -0.15) is 5.10 Å². The zero-order chi connectivity index (χ0) is 13.1. The van der Waals surface area contributed by atoms with E-state index < -0.39 is 0 Å². The fourth-order valence-corrected chi connectivity index (χ4v) is 1.90. The van der Waals surface area contributed by atoms with Crippen LogP contribution in [0.15, 0.2) is 24.3 Å². The van der Waals surface area contributed by atoms with E-state index in [4.69, 9.17) is 6.42 Å². The van der Waals surface area contributed by atoms with E-state index in [2.05, 4.69) is 16.3 Å². The van der Waals surface area contributed by atoms with Crippen molar-refractivity contribution in [2.45, 2.75) is 19.4 Å². The molecule has 1 heterocycles. The summed E-state index contributed by atoms with van der Waals surface area (Å²) < 4.78 is 1.70. The quantitative estimate of drug-likeness (QED) is 0.832. The molecule has 1 N–H and O–H groups in total. The van der Waals surface area contributed by atoms with E-state index in [0.29, 0.717) is 12.1 Å². The van der Waals surface area contributed by atoms with Crippen LogP contribution in [0.5, 0.6) is 0 Å². The SMILES string of the molecule is C#CCC(C)NC(=O)c1nn(C)c2ccccc12. The summed E-state index contributed by atoms with van der Waals surface area (Å²) in [6.07, 6.45) is 5.73. The maximum atomic E-state index is 12.1. The van der Waals surface area contributed by atoms with E-state index in [0.717, 1.165) is 10.9 Å². The molecule has 1 unspecified atom stereocenters. The van der Waals surface area contributed by atoms with Crippen LogP contribution in [0.1, 0.15) is 23.8 Å². The number of para-hydroxylation sites is 1. The summed E-state index contributed by atoms with van der Waals surface area (Å²) in [5.41, 5.74) is 1.38. The molecule has 2 rings (SSSR count). The lowest BCUT2D eigenvalue weighted by Crippen LogP contribution is -2.32. The molecule has 0 bridgehead atoms. The van der Waals surface area contributed by atoms with Crippen molar-refractivity contribution >= 4 is 16.8 Å². The van der Waals surface area contributed by atoms with Crippen molar-refractivity contribution < 1.29 is 4.79 Å². The molecule has 18 heavy (non-hydrogen) atoms. The molecule has 0 saturated carbocycles. The highest BCUT2D eigenvalue weighted by molar-refractivity contribution is 6.04. The van der Waals surface area contributed by atoms with Gasteiger partial charge in [-0.05, 0) is 13.0 Å². The molecular weight excluding hydrogens is 226 g/mol. The monoisotopic (exact) mass is 241 g/mol. The molecule has 1 atom stereocenters. The van der Waals surface area contributed by atoms with Crippen molar-refractivity contribution in [1.82, 2.24) is 15.1 Å². The predicted octanol–water partition coefficient (Wildman–Crippen LogP) is 1.71. The third-order valence-electron chi connectivity index (χ3n) is 2.77. The van der Waals surface area contributed by atoms with Crippen molar-refractivity contribution in [3.8, 4) is 12.3 Å². The number of carbonyl (C=O) groups excluding carboxylic acids is 1. The molecule has 1 amide bonds. The number of nitrogens with zero attached hydrogens (tertiary/aromatic N) is 2. The van der Waals surface area contributed by atoms with E-state index in [1.54, 1.807) is 4.68 Å². The summed E-state index contributed by atoms with van der Waals surface area (Å²) in [5, 5.41) is 7.95. The van der Waals surface area contributed by atoms with Gasteiger partial charge in [-0.15, -0.1) is 12.3 Å². The number of nitrogens with one attached hydrogen (secondary N) is 1. The minimum absolute atomic E-state index is 0.0525. The molecular formula is C14H15N3O. The number of benzene rings is 1. The van der Waals surface area contributed by atoms with Crippen molar-refractivity contribution in [2.24, 2.45) is 7.05 Å². The Morgan fingerprint density at radius 3 is 3.00 bits per heavy atom. The zero-order valence-electron chi connectivity index (χ0n) is 10.5. The van der Waals surface area contributed by atoms with Gasteiger partial charge in [0, 0.05) is 24.9 Å². The molecule has 2 aromatic rings. The molecule has 4 heteroatoms. The second-order valence-corrected chi connectivity index (χ2v) is 4.27. The summed E-state index contributed by atoms with van der Waals surface area (Å²) in [6.45, 7) is 1.88. The fourth-order valence-electron chi connectivity index (χ4n) is 1.90. The Balaban J connectivity index is 2.31. The molecule has 0 radical (unpaired) electrons. The first-order chi connectivity index (χ1) is 8.63. The zero-order valence-corrected chi connectivity index (χ0v) is 10.5. The Morgan fingerprint density at radius 1 is 1.56 bits per heavy atom. The van der Waals surface area contributed by atoms with Gasteiger partial charge in [0.05, 0.1) is 5.52 Å². The lowest BCUT2D eigenvalue weighted by Gasteiger charge is -2.09. The number of terminal acetylenes is 1. The van der Waals surface area contributed by atoms with Gasteiger partial charge >= 0.3 is 0 Å². The molecule has 92 valence electrons. The highest BCUT2D eigenvalue weighted by Crippen LogP contribution is 2.17. The number of rotatable bonds is 3. The van der Waals surface area contributed by atoms with Crippen LogP contribution in [0.25, 0.3) is 10.9 Å². The van der Waals surface area contributed by atoms with Crippen LogP contribution in [0, 0.1) is 12.3 Å². The van der Waals surface area contributed by atoms with Gasteiger partial charge in [0.1, 0.15) is 0 Å². The smallest absolute Gasteiger partial charge is 0.272 e. The summed E-state index contributed by atoms with van der Waals surface area (Å²) in [7, 11) is 1.82. The average molecular weight is 241 g/mol. The number of aryl methyl sites for hydroxylation is 1. The van der Waals surface area contributed by atoms with Gasteiger partial charge < -0.3 is 5.32 Å². The summed E-state index contributed by atoms with van der Waals surface area (Å²) >= 11 is 0. The maximum Gasteiger partial charge on any atom is 0.272 e. The Bertz CT molecular complexity index is 621. The maximum absolute atomic E-state index is 12.1. The van der Waals surface area contributed by atoms with Crippen LogP contribution in [0.4, 0.5) is 0 Å². The van der Waals surface area contributed by atoms with Crippen LogP contribution in [-0.4, -0.2) is 21.7 Å². The van der Waals surface area contributed by atoms with Crippen LogP contribution in [0.3, 0.4) is 0 Å². The largest absolute Gasteiger partial charge is 0.347 e. The first kappa shape index (κ1) is 12.2. The number of aromatic nitrogens is 2. The van der Waals surface area contributed by atoms with Crippen LogP contribution < -0.4 is 5.32 Å². The first-order valence-electron chi connectivity index (χ1n) is 5.79. The standard InChI is InChI=1S/C14H15N3O/c1-4-7-10(2)15-14(18)13-11-8-5-6-9-12(11)17(3)16-13/h1,5-6,8-10H,7H2,2-3H3,(H,15,18). The predicted molar refractivity (Wildman–Crippen MR) is 71.1 cm³/mol. The van der Waals surface area contributed by atoms with Gasteiger partial charge in [0.25, 0.3) is 5.91 Å². The molecule has 4 nitrogen and oxygen atoms in total. The van der Waals surface area contributed by atoms with E-state index in [-0.39, 0.29) is 11.9 Å². The topological polar surface area (TPSA) is 46.9 Å². The number of fused-ring (bicyclic) bond motifs is 1. The minimum atomic E-state index is -0.186. The Morgan fingerprint density at radius 2 is 2.28 bits per heavy atom. The fraction of sp³-hybridized carbons (Fsp3) is 0.286. The summed E-state index contributed by atoms with van der Waals surface area (Å²) in [4.78, 5) is 12.1. The van der Waals surface area contributed by atoms with Crippen LogP contribution in [0.2, 0.25) is 0 Å². The third kappa shape index (κ3) is 2.21. The van der Waals surface area contributed by atoms with Crippen molar-refractivity contribution in [3.05, 3.63) is 30.0 Å². The van der Waals surface area contributed by atoms with E-state index >= 15 is 0 Å². The van der Waals surface area contributed by atoms with Gasteiger partial charge in [-0.1, -0.05) is 18.2 Å². The van der Waals surface area contributed by atoms with Crippen LogP contribution in [-0.2, 0) is 7.05 Å². The Hall–Kier alpha value is -2.28. The van der Waals surface area contributed by atoms with E-state index in [9.17, 15) is 4.79 Å². The molecule has 0 aliphatic carbocycles. The highest BCUT2D eigenvalue weighted by atomic mass is 16.2. The van der Waals surface area contributed by atoms with Crippen LogP contribution >= 0.6 is 0 Å². The summed E-state index contributed by atoms with van der Waals surface area (Å²) in [6, 6.07) is 7.59.